The molecule has 2 rings (SSSR count). The first kappa shape index (κ1) is 14.3. The van der Waals surface area contributed by atoms with E-state index in [2.05, 4.69) is 24.3 Å². The Morgan fingerprint density at radius 1 is 0.950 bits per heavy atom. The molecule has 20 heavy (non-hydrogen) atoms. The van der Waals surface area contributed by atoms with E-state index in [0.717, 1.165) is 30.6 Å². The second kappa shape index (κ2) is 7.49. The van der Waals surface area contributed by atoms with Gasteiger partial charge in [-0.25, -0.2) is 0 Å². The van der Waals surface area contributed by atoms with Gasteiger partial charge in [-0.2, -0.15) is 0 Å². The van der Waals surface area contributed by atoms with Gasteiger partial charge < -0.3 is 4.74 Å². The number of hydrogen-bond acceptors (Lipinski definition) is 2. The molecule has 0 saturated heterocycles. The van der Waals surface area contributed by atoms with E-state index in [1.165, 1.54) is 5.56 Å². The number of Topliss-reactive ketones (excluding diaryl/α,β-unsaturated/α-hetero) is 1. The first-order chi connectivity index (χ1) is 9.79. The quantitative estimate of drug-likeness (QED) is 0.553. The smallest absolute Gasteiger partial charge is 0.162 e. The summed E-state index contributed by atoms with van der Waals surface area (Å²) in [5.41, 5.74) is 2.11. The third-order valence-corrected chi connectivity index (χ3v) is 3.37. The Hall–Kier alpha value is -2.09. The van der Waals surface area contributed by atoms with Crippen LogP contribution in [0.2, 0.25) is 0 Å². The van der Waals surface area contributed by atoms with Crippen LogP contribution in [0.1, 0.15) is 35.2 Å². The first-order valence-corrected chi connectivity index (χ1v) is 7.01. The zero-order chi connectivity index (χ0) is 14.2. The van der Waals surface area contributed by atoms with E-state index in [4.69, 9.17) is 4.74 Å². The summed E-state index contributed by atoms with van der Waals surface area (Å²) in [6.45, 7) is 0. The van der Waals surface area contributed by atoms with E-state index in [9.17, 15) is 4.79 Å². The number of aryl methyl sites for hydroxylation is 1. The molecule has 0 saturated carbocycles. The third-order valence-electron chi connectivity index (χ3n) is 3.37. The molecule has 2 nitrogen and oxygen atoms in total. The predicted molar refractivity (Wildman–Crippen MR) is 81.3 cm³/mol. The molecule has 0 atom stereocenters. The number of carbonyl (C=O) groups is 1. The van der Waals surface area contributed by atoms with Gasteiger partial charge in [0, 0.05) is 12.0 Å². The Labute approximate surface area is 120 Å². The van der Waals surface area contributed by atoms with Crippen molar-refractivity contribution in [2.45, 2.75) is 25.7 Å². The average Bonchev–Trinajstić information content (AvgIpc) is 2.52. The highest BCUT2D eigenvalue weighted by molar-refractivity contribution is 5.96. The molecule has 2 aromatic carbocycles. The van der Waals surface area contributed by atoms with Gasteiger partial charge in [0.15, 0.2) is 5.78 Å². The molecule has 0 fully saturated rings. The van der Waals surface area contributed by atoms with Crippen LogP contribution in [0.25, 0.3) is 0 Å². The van der Waals surface area contributed by atoms with Crippen molar-refractivity contribution < 1.29 is 9.53 Å². The van der Waals surface area contributed by atoms with Gasteiger partial charge in [-0.05, 0) is 49.1 Å². The van der Waals surface area contributed by atoms with Gasteiger partial charge in [0.05, 0.1) is 7.11 Å². The lowest BCUT2D eigenvalue weighted by molar-refractivity contribution is 0.0979. The molecule has 0 aliphatic heterocycles. The summed E-state index contributed by atoms with van der Waals surface area (Å²) >= 11 is 0. The number of ketones is 1. The summed E-state index contributed by atoms with van der Waals surface area (Å²) < 4.78 is 5.09. The minimum Gasteiger partial charge on any atom is -0.497 e. The van der Waals surface area contributed by atoms with Crippen molar-refractivity contribution in [2.75, 3.05) is 7.11 Å². The van der Waals surface area contributed by atoms with Gasteiger partial charge in [-0.3, -0.25) is 4.79 Å². The molecule has 0 radical (unpaired) electrons. The minimum atomic E-state index is 0.209. The van der Waals surface area contributed by atoms with E-state index in [1.54, 1.807) is 7.11 Å². The molecule has 0 heterocycles. The van der Waals surface area contributed by atoms with Crippen LogP contribution in [-0.4, -0.2) is 12.9 Å². The third kappa shape index (κ3) is 4.23. The summed E-state index contributed by atoms with van der Waals surface area (Å²) in [6.07, 6.45) is 3.63. The van der Waals surface area contributed by atoms with E-state index in [1.807, 2.05) is 30.3 Å². The topological polar surface area (TPSA) is 26.3 Å². The monoisotopic (exact) mass is 268 g/mol. The highest BCUT2D eigenvalue weighted by Gasteiger charge is 2.05. The lowest BCUT2D eigenvalue weighted by Crippen LogP contribution is -1.99. The van der Waals surface area contributed by atoms with Crippen LogP contribution in [0.3, 0.4) is 0 Å². The molecule has 0 spiro atoms. The number of benzene rings is 2. The van der Waals surface area contributed by atoms with Gasteiger partial charge in [0.1, 0.15) is 5.75 Å². The number of methoxy groups -OCH3 is 1. The molecule has 0 unspecified atom stereocenters. The molecular formula is C18H20O2. The highest BCUT2D eigenvalue weighted by Crippen LogP contribution is 2.14. The zero-order valence-electron chi connectivity index (χ0n) is 11.8. The van der Waals surface area contributed by atoms with Gasteiger partial charge in [0.25, 0.3) is 0 Å². The molecule has 0 bridgehead atoms. The van der Waals surface area contributed by atoms with Crippen LogP contribution < -0.4 is 4.74 Å². The second-order valence-electron chi connectivity index (χ2n) is 4.84. The molecule has 0 aromatic heterocycles. The summed E-state index contributed by atoms with van der Waals surface area (Å²) in [7, 11) is 1.63. The minimum absolute atomic E-state index is 0.209. The first-order valence-electron chi connectivity index (χ1n) is 7.01. The largest absolute Gasteiger partial charge is 0.497 e. The van der Waals surface area contributed by atoms with E-state index in [-0.39, 0.29) is 5.78 Å². The SMILES string of the molecule is COc1ccc(C(=O)CCCCc2ccccc2)cc1. The summed E-state index contributed by atoms with van der Waals surface area (Å²) in [4.78, 5) is 12.0. The highest BCUT2D eigenvalue weighted by atomic mass is 16.5. The van der Waals surface area contributed by atoms with Crippen molar-refractivity contribution in [1.82, 2.24) is 0 Å². The maximum atomic E-state index is 12.0. The second-order valence-corrected chi connectivity index (χ2v) is 4.84. The van der Waals surface area contributed by atoms with Crippen molar-refractivity contribution in [2.24, 2.45) is 0 Å². The maximum absolute atomic E-state index is 12.0. The number of rotatable bonds is 7. The van der Waals surface area contributed by atoms with Gasteiger partial charge >= 0.3 is 0 Å². The lowest BCUT2D eigenvalue weighted by atomic mass is 10.0. The van der Waals surface area contributed by atoms with Crippen LogP contribution in [-0.2, 0) is 6.42 Å². The van der Waals surface area contributed by atoms with E-state index < -0.39 is 0 Å². The predicted octanol–water partition coefficient (Wildman–Crippen LogP) is 4.29. The fourth-order valence-corrected chi connectivity index (χ4v) is 2.18. The molecule has 0 aliphatic carbocycles. The van der Waals surface area contributed by atoms with Crippen LogP contribution in [0.15, 0.2) is 54.6 Å². The normalized spacial score (nSPS) is 10.2. The fraction of sp³-hybridized carbons (Fsp3) is 0.278. The number of ether oxygens (including phenoxy) is 1. The van der Waals surface area contributed by atoms with Crippen LogP contribution in [0.4, 0.5) is 0 Å². The van der Waals surface area contributed by atoms with Crippen molar-refractivity contribution in [3.8, 4) is 5.75 Å². The number of unbranched alkanes of at least 4 members (excludes halogenated alkanes) is 1. The van der Waals surface area contributed by atoms with Crippen molar-refractivity contribution in [3.05, 3.63) is 65.7 Å². The molecule has 2 heteroatoms. The van der Waals surface area contributed by atoms with Crippen molar-refractivity contribution in [3.63, 3.8) is 0 Å². The Morgan fingerprint density at radius 3 is 2.30 bits per heavy atom. The van der Waals surface area contributed by atoms with Gasteiger partial charge in [-0.15, -0.1) is 0 Å². The average molecular weight is 268 g/mol. The zero-order valence-corrected chi connectivity index (χ0v) is 11.8. The number of carbonyl (C=O) groups excluding carboxylic acids is 1. The molecule has 0 aliphatic rings. The Balaban J connectivity index is 1.74. The van der Waals surface area contributed by atoms with Crippen molar-refractivity contribution >= 4 is 5.78 Å². The van der Waals surface area contributed by atoms with E-state index >= 15 is 0 Å². The molecule has 104 valence electrons. The fourth-order valence-electron chi connectivity index (χ4n) is 2.18. The Bertz CT molecular complexity index is 529. The maximum Gasteiger partial charge on any atom is 0.162 e. The molecule has 0 N–H and O–H groups in total. The standard InChI is InChI=1S/C18H20O2/c1-20-17-13-11-16(12-14-17)18(19)10-6-5-9-15-7-3-2-4-8-15/h2-4,7-8,11-14H,5-6,9-10H2,1H3. The van der Waals surface area contributed by atoms with Crippen LogP contribution >= 0.6 is 0 Å². The van der Waals surface area contributed by atoms with Gasteiger partial charge in [-0.1, -0.05) is 30.3 Å². The summed E-state index contributed by atoms with van der Waals surface area (Å²) in [6, 6.07) is 17.7. The Morgan fingerprint density at radius 2 is 1.65 bits per heavy atom. The lowest BCUT2D eigenvalue weighted by Gasteiger charge is -2.04. The van der Waals surface area contributed by atoms with Crippen molar-refractivity contribution in [1.29, 1.82) is 0 Å². The summed E-state index contributed by atoms with van der Waals surface area (Å²) in [5, 5.41) is 0. The van der Waals surface area contributed by atoms with Crippen LogP contribution in [0, 0.1) is 0 Å². The van der Waals surface area contributed by atoms with Crippen LogP contribution in [0.5, 0.6) is 5.75 Å². The molecular weight excluding hydrogens is 248 g/mol. The molecule has 0 amide bonds. The summed E-state index contributed by atoms with van der Waals surface area (Å²) in [5.74, 6) is 0.992. The number of hydrogen-bond donors (Lipinski definition) is 0. The van der Waals surface area contributed by atoms with E-state index in [0.29, 0.717) is 6.42 Å². The molecule has 2 aromatic rings. The van der Waals surface area contributed by atoms with Gasteiger partial charge in [0.2, 0.25) is 0 Å². The Kier molecular flexibility index (Phi) is 5.36.